The van der Waals surface area contributed by atoms with Crippen molar-refractivity contribution in [3.8, 4) is 11.5 Å². The zero-order chi connectivity index (χ0) is 21.4. The van der Waals surface area contributed by atoms with Crippen molar-refractivity contribution in [1.29, 1.82) is 0 Å². The van der Waals surface area contributed by atoms with Crippen molar-refractivity contribution >= 4 is 17.5 Å². The van der Waals surface area contributed by atoms with Gasteiger partial charge in [-0.25, -0.2) is 5.01 Å². The maximum Gasteiger partial charge on any atom is 0.239 e. The maximum atomic E-state index is 12.9. The second kappa shape index (κ2) is 8.18. The Morgan fingerprint density at radius 2 is 1.90 bits per heavy atom. The molecule has 3 aliphatic rings. The third-order valence-corrected chi connectivity index (χ3v) is 5.91. The summed E-state index contributed by atoms with van der Waals surface area (Å²) in [7, 11) is 0. The van der Waals surface area contributed by atoms with E-state index in [4.69, 9.17) is 9.47 Å². The Labute approximate surface area is 179 Å². The van der Waals surface area contributed by atoms with Crippen LogP contribution < -0.4 is 25.5 Å². The SMILES string of the molecule is O=C(Nc1ccc2c(c1)OCCO2)C1C(=O)NC2C(CNN2Cc2ccccc2)C1O. The summed E-state index contributed by atoms with van der Waals surface area (Å²) in [6.07, 6.45) is -1.50. The number of nitrogens with zero attached hydrogens (tertiary/aromatic N) is 1. The van der Waals surface area contributed by atoms with Gasteiger partial charge in [-0.05, 0) is 17.7 Å². The first-order valence-corrected chi connectivity index (χ1v) is 10.3. The molecular formula is C22H24N4O5. The van der Waals surface area contributed by atoms with Crippen LogP contribution in [0.5, 0.6) is 11.5 Å². The Morgan fingerprint density at radius 1 is 1.13 bits per heavy atom. The number of benzene rings is 2. The maximum absolute atomic E-state index is 12.9. The van der Waals surface area contributed by atoms with Crippen LogP contribution in [0.2, 0.25) is 0 Å². The van der Waals surface area contributed by atoms with E-state index in [0.29, 0.717) is 43.5 Å². The molecule has 5 rings (SSSR count). The lowest BCUT2D eigenvalue weighted by atomic mass is 9.84. The monoisotopic (exact) mass is 424 g/mol. The second-order valence-corrected chi connectivity index (χ2v) is 7.91. The van der Waals surface area contributed by atoms with Gasteiger partial charge in [-0.1, -0.05) is 30.3 Å². The molecule has 2 aromatic carbocycles. The van der Waals surface area contributed by atoms with Crippen LogP contribution in [0, 0.1) is 11.8 Å². The molecule has 31 heavy (non-hydrogen) atoms. The molecule has 0 radical (unpaired) electrons. The van der Waals surface area contributed by atoms with Crippen LogP contribution in [-0.4, -0.2) is 54.0 Å². The average molecular weight is 424 g/mol. The Kier molecular flexibility index (Phi) is 5.23. The molecule has 0 aliphatic carbocycles. The number of hydrazine groups is 1. The lowest BCUT2D eigenvalue weighted by Crippen LogP contribution is -2.62. The predicted molar refractivity (Wildman–Crippen MR) is 111 cm³/mol. The minimum Gasteiger partial charge on any atom is -0.486 e. The summed E-state index contributed by atoms with van der Waals surface area (Å²) in [5.41, 5.74) is 4.80. The van der Waals surface area contributed by atoms with E-state index in [-0.39, 0.29) is 12.1 Å². The van der Waals surface area contributed by atoms with Gasteiger partial charge in [0.15, 0.2) is 11.5 Å². The summed E-state index contributed by atoms with van der Waals surface area (Å²) in [6.45, 7) is 1.95. The van der Waals surface area contributed by atoms with Crippen molar-refractivity contribution < 1.29 is 24.2 Å². The number of fused-ring (bicyclic) bond motifs is 2. The Balaban J connectivity index is 1.27. The zero-order valence-corrected chi connectivity index (χ0v) is 16.8. The highest BCUT2D eigenvalue weighted by Crippen LogP contribution is 2.34. The molecule has 162 valence electrons. The standard InChI is InChI=1S/C22H24N4O5/c27-19-15-11-23-26(12-13-4-2-1-3-5-13)20(15)25-22(29)18(19)21(28)24-14-6-7-16-17(10-14)31-9-8-30-16/h1-7,10,15,18-20,23,27H,8-9,11-12H2,(H,24,28)(H,25,29). The van der Waals surface area contributed by atoms with E-state index in [1.807, 2.05) is 35.3 Å². The number of rotatable bonds is 4. The first-order chi connectivity index (χ1) is 15.1. The molecule has 0 saturated carbocycles. The molecular weight excluding hydrogens is 400 g/mol. The molecule has 2 fully saturated rings. The molecule has 9 heteroatoms. The van der Waals surface area contributed by atoms with Gasteiger partial charge < -0.3 is 25.2 Å². The van der Waals surface area contributed by atoms with E-state index in [1.165, 1.54) is 0 Å². The summed E-state index contributed by atoms with van der Waals surface area (Å²) in [5, 5.41) is 18.4. The Morgan fingerprint density at radius 3 is 2.71 bits per heavy atom. The average Bonchev–Trinajstić information content (AvgIpc) is 3.17. The molecule has 2 saturated heterocycles. The third-order valence-electron chi connectivity index (χ3n) is 5.91. The van der Waals surface area contributed by atoms with E-state index in [9.17, 15) is 14.7 Å². The first kappa shape index (κ1) is 19.8. The Hall–Kier alpha value is -3.14. The van der Waals surface area contributed by atoms with Crippen LogP contribution in [0.4, 0.5) is 5.69 Å². The largest absolute Gasteiger partial charge is 0.486 e. The number of piperidine rings is 1. The molecule has 4 unspecified atom stereocenters. The van der Waals surface area contributed by atoms with Crippen molar-refractivity contribution in [2.24, 2.45) is 11.8 Å². The molecule has 0 spiro atoms. The highest BCUT2D eigenvalue weighted by atomic mass is 16.6. The second-order valence-electron chi connectivity index (χ2n) is 7.91. The molecule has 2 aromatic rings. The van der Waals surface area contributed by atoms with E-state index >= 15 is 0 Å². The first-order valence-electron chi connectivity index (χ1n) is 10.3. The number of aliphatic hydroxyl groups is 1. The van der Waals surface area contributed by atoms with Gasteiger partial charge in [0.25, 0.3) is 0 Å². The van der Waals surface area contributed by atoms with Gasteiger partial charge in [0, 0.05) is 30.8 Å². The summed E-state index contributed by atoms with van der Waals surface area (Å²) < 4.78 is 11.0. The van der Waals surface area contributed by atoms with E-state index < -0.39 is 23.8 Å². The van der Waals surface area contributed by atoms with Gasteiger partial charge in [0.1, 0.15) is 25.3 Å². The van der Waals surface area contributed by atoms with E-state index in [2.05, 4.69) is 16.1 Å². The molecule has 2 amide bonds. The fraction of sp³-hybridized carbons (Fsp3) is 0.364. The zero-order valence-electron chi connectivity index (χ0n) is 16.8. The van der Waals surface area contributed by atoms with Crippen LogP contribution in [-0.2, 0) is 16.1 Å². The molecule has 3 aliphatic heterocycles. The number of carbonyl (C=O) groups is 2. The number of aliphatic hydroxyl groups excluding tert-OH is 1. The normalized spacial score (nSPS) is 27.3. The van der Waals surface area contributed by atoms with Crippen LogP contribution >= 0.6 is 0 Å². The number of carbonyl (C=O) groups excluding carboxylic acids is 2. The van der Waals surface area contributed by atoms with Gasteiger partial charge in [0.05, 0.1) is 6.10 Å². The third kappa shape index (κ3) is 3.83. The van der Waals surface area contributed by atoms with Gasteiger partial charge in [-0.2, -0.15) is 0 Å². The predicted octanol–water partition coefficient (Wildman–Crippen LogP) is 0.466. The van der Waals surface area contributed by atoms with E-state index in [0.717, 1.165) is 5.56 Å². The topological polar surface area (TPSA) is 112 Å². The van der Waals surface area contributed by atoms with Crippen molar-refractivity contribution in [1.82, 2.24) is 15.8 Å². The smallest absolute Gasteiger partial charge is 0.239 e. The van der Waals surface area contributed by atoms with Crippen molar-refractivity contribution in [2.45, 2.75) is 18.8 Å². The summed E-state index contributed by atoms with van der Waals surface area (Å²) >= 11 is 0. The quantitative estimate of drug-likeness (QED) is 0.528. The fourth-order valence-electron chi connectivity index (χ4n) is 4.34. The van der Waals surface area contributed by atoms with Gasteiger partial charge in [-0.15, -0.1) is 0 Å². The number of anilines is 1. The molecule has 4 atom stereocenters. The number of nitrogens with one attached hydrogen (secondary N) is 3. The van der Waals surface area contributed by atoms with Crippen LogP contribution in [0.1, 0.15) is 5.56 Å². The number of hydrogen-bond acceptors (Lipinski definition) is 7. The lowest BCUT2D eigenvalue weighted by molar-refractivity contribution is -0.146. The summed E-state index contributed by atoms with van der Waals surface area (Å²) in [4.78, 5) is 25.7. The fourth-order valence-corrected chi connectivity index (χ4v) is 4.34. The lowest BCUT2D eigenvalue weighted by Gasteiger charge is -2.38. The molecule has 3 heterocycles. The molecule has 9 nitrogen and oxygen atoms in total. The molecule has 0 aromatic heterocycles. The van der Waals surface area contributed by atoms with Crippen molar-refractivity contribution in [3.05, 3.63) is 54.1 Å². The molecule has 0 bridgehead atoms. The number of amides is 2. The number of ether oxygens (including phenoxy) is 2. The van der Waals surface area contributed by atoms with Crippen molar-refractivity contribution in [2.75, 3.05) is 25.1 Å². The van der Waals surface area contributed by atoms with Gasteiger partial charge >= 0.3 is 0 Å². The van der Waals surface area contributed by atoms with Crippen LogP contribution in [0.3, 0.4) is 0 Å². The minimum absolute atomic E-state index is 0.308. The molecule has 4 N–H and O–H groups in total. The summed E-state index contributed by atoms with van der Waals surface area (Å²) in [5.74, 6) is -1.41. The van der Waals surface area contributed by atoms with Crippen molar-refractivity contribution in [3.63, 3.8) is 0 Å². The number of hydrogen-bond donors (Lipinski definition) is 4. The highest BCUT2D eigenvalue weighted by molar-refractivity contribution is 6.07. The highest BCUT2D eigenvalue weighted by Gasteiger charge is 2.51. The van der Waals surface area contributed by atoms with Gasteiger partial charge in [-0.3, -0.25) is 15.0 Å². The van der Waals surface area contributed by atoms with Gasteiger partial charge in [0.2, 0.25) is 11.8 Å². The van der Waals surface area contributed by atoms with Crippen LogP contribution in [0.25, 0.3) is 0 Å². The van der Waals surface area contributed by atoms with E-state index in [1.54, 1.807) is 18.2 Å². The Bertz CT molecular complexity index is 985. The minimum atomic E-state index is -1.20. The summed E-state index contributed by atoms with van der Waals surface area (Å²) in [6, 6.07) is 14.9. The van der Waals surface area contributed by atoms with Crippen LogP contribution in [0.15, 0.2) is 48.5 Å².